The Labute approximate surface area is 220 Å². The molecular weight excluding hydrogens is 498 g/mol. The average Bonchev–Trinajstić information content (AvgIpc) is 2.81. The van der Waals surface area contributed by atoms with Crippen LogP contribution in [0.3, 0.4) is 0 Å². The molecule has 0 aliphatic heterocycles. The number of amides is 2. The van der Waals surface area contributed by atoms with Gasteiger partial charge < -0.3 is 10.2 Å². The van der Waals surface area contributed by atoms with Gasteiger partial charge in [0.2, 0.25) is 21.8 Å². The van der Waals surface area contributed by atoms with Gasteiger partial charge in [0.15, 0.2) is 0 Å². The minimum atomic E-state index is -3.59. The summed E-state index contributed by atoms with van der Waals surface area (Å²) in [6.07, 6.45) is 2.32. The largest absolute Gasteiger partial charge is 0.352 e. The van der Waals surface area contributed by atoms with Gasteiger partial charge in [0.1, 0.15) is 6.04 Å². The second-order valence-electron chi connectivity index (χ2n) is 9.31. The molecule has 0 radical (unpaired) electrons. The fourth-order valence-electron chi connectivity index (χ4n) is 3.85. The van der Waals surface area contributed by atoms with Crippen molar-refractivity contribution in [3.63, 3.8) is 0 Å². The molecule has 1 N–H and O–H groups in total. The fourth-order valence-corrected chi connectivity index (χ4v) is 5.03. The maximum atomic E-state index is 13.4. The van der Waals surface area contributed by atoms with Crippen molar-refractivity contribution in [1.82, 2.24) is 10.2 Å². The molecular formula is C27H38ClN3O4S. The number of nitrogens with one attached hydrogen (secondary N) is 1. The monoisotopic (exact) mass is 535 g/mol. The standard InChI is InChI=1S/C27H38ClN3O4S/c1-7-21(4)29-27(33)22(5)30(18-23-12-9-8-11-19(23)2)26(32)13-10-16-31(36(6,34)35)25-17-24(28)15-14-20(25)3/h8-9,11-12,14-15,17,21-22H,7,10,13,16,18H2,1-6H3,(H,29,33)/t21-,22+/m1/s1. The molecule has 0 aliphatic carbocycles. The second-order valence-corrected chi connectivity index (χ2v) is 11.7. The van der Waals surface area contributed by atoms with Crippen LogP contribution in [0.15, 0.2) is 42.5 Å². The number of rotatable bonds is 12. The quantitative estimate of drug-likeness (QED) is 0.421. The molecule has 0 aromatic heterocycles. The van der Waals surface area contributed by atoms with Gasteiger partial charge in [-0.2, -0.15) is 0 Å². The minimum absolute atomic E-state index is 0.000353. The molecule has 0 heterocycles. The highest BCUT2D eigenvalue weighted by Gasteiger charge is 2.27. The molecule has 7 nitrogen and oxygen atoms in total. The van der Waals surface area contributed by atoms with Crippen LogP contribution in [0.25, 0.3) is 0 Å². The van der Waals surface area contributed by atoms with E-state index in [4.69, 9.17) is 11.6 Å². The van der Waals surface area contributed by atoms with E-state index in [0.29, 0.717) is 23.7 Å². The number of sulfonamides is 1. The lowest BCUT2D eigenvalue weighted by atomic mass is 10.1. The molecule has 36 heavy (non-hydrogen) atoms. The summed E-state index contributed by atoms with van der Waals surface area (Å²) in [5.41, 5.74) is 3.26. The highest BCUT2D eigenvalue weighted by atomic mass is 35.5. The third-order valence-corrected chi connectivity index (χ3v) is 7.78. The number of hydrogen-bond donors (Lipinski definition) is 1. The van der Waals surface area contributed by atoms with Crippen LogP contribution in [0.1, 0.15) is 56.7 Å². The predicted molar refractivity (Wildman–Crippen MR) is 147 cm³/mol. The van der Waals surface area contributed by atoms with Crippen LogP contribution in [0.5, 0.6) is 0 Å². The smallest absolute Gasteiger partial charge is 0.242 e. The van der Waals surface area contributed by atoms with Crippen LogP contribution in [-0.4, -0.2) is 50.0 Å². The van der Waals surface area contributed by atoms with Gasteiger partial charge in [0, 0.05) is 30.6 Å². The van der Waals surface area contributed by atoms with Crippen LogP contribution in [0, 0.1) is 13.8 Å². The molecule has 198 valence electrons. The van der Waals surface area contributed by atoms with Gasteiger partial charge in [-0.3, -0.25) is 13.9 Å². The lowest BCUT2D eigenvalue weighted by Crippen LogP contribution is -2.49. The summed E-state index contributed by atoms with van der Waals surface area (Å²) in [4.78, 5) is 27.9. The van der Waals surface area contributed by atoms with Gasteiger partial charge >= 0.3 is 0 Å². The molecule has 9 heteroatoms. The second kappa shape index (κ2) is 13.1. The van der Waals surface area contributed by atoms with Crippen LogP contribution in [0.2, 0.25) is 5.02 Å². The predicted octanol–water partition coefficient (Wildman–Crippen LogP) is 4.84. The Morgan fingerprint density at radius 2 is 1.72 bits per heavy atom. The Morgan fingerprint density at radius 1 is 1.06 bits per heavy atom. The van der Waals surface area contributed by atoms with Crippen molar-refractivity contribution in [2.45, 2.75) is 72.5 Å². The number of hydrogen-bond acceptors (Lipinski definition) is 4. The first-order valence-corrected chi connectivity index (χ1v) is 14.5. The highest BCUT2D eigenvalue weighted by molar-refractivity contribution is 7.92. The zero-order chi connectivity index (χ0) is 27.0. The third-order valence-electron chi connectivity index (χ3n) is 6.36. The number of halogens is 1. The lowest BCUT2D eigenvalue weighted by molar-refractivity contribution is -0.140. The number of anilines is 1. The Kier molecular flexibility index (Phi) is 10.8. The van der Waals surface area contributed by atoms with Crippen LogP contribution < -0.4 is 9.62 Å². The molecule has 2 aromatic carbocycles. The van der Waals surface area contributed by atoms with Gasteiger partial charge in [0.25, 0.3) is 0 Å². The van der Waals surface area contributed by atoms with E-state index in [-0.39, 0.29) is 30.8 Å². The number of aryl methyl sites for hydroxylation is 2. The molecule has 2 amide bonds. The summed E-state index contributed by atoms with van der Waals surface area (Å²) in [5.74, 6) is -0.417. The van der Waals surface area contributed by atoms with Crippen LogP contribution >= 0.6 is 11.6 Å². The van der Waals surface area contributed by atoms with Crippen molar-refractivity contribution in [2.75, 3.05) is 17.1 Å². The van der Waals surface area contributed by atoms with Gasteiger partial charge in [-0.1, -0.05) is 48.9 Å². The van der Waals surface area contributed by atoms with E-state index in [2.05, 4.69) is 5.32 Å². The van der Waals surface area contributed by atoms with Crippen LogP contribution in [0.4, 0.5) is 5.69 Å². The summed E-state index contributed by atoms with van der Waals surface area (Å²) in [7, 11) is -3.59. The summed E-state index contributed by atoms with van der Waals surface area (Å²) in [5, 5.41) is 3.40. The summed E-state index contributed by atoms with van der Waals surface area (Å²) >= 11 is 6.12. The molecule has 0 bridgehead atoms. The zero-order valence-corrected chi connectivity index (χ0v) is 23.6. The molecule has 0 unspecified atom stereocenters. The Bertz CT molecular complexity index is 1170. The molecule has 0 aliphatic rings. The molecule has 2 rings (SSSR count). The van der Waals surface area contributed by atoms with Gasteiger partial charge in [0.05, 0.1) is 11.9 Å². The minimum Gasteiger partial charge on any atom is -0.352 e. The Balaban J connectivity index is 2.22. The summed E-state index contributed by atoms with van der Waals surface area (Å²) < 4.78 is 26.4. The number of benzene rings is 2. The van der Waals surface area contributed by atoms with E-state index in [0.717, 1.165) is 29.4 Å². The van der Waals surface area contributed by atoms with E-state index in [1.165, 1.54) is 4.31 Å². The molecule has 0 saturated heterocycles. The SMILES string of the molecule is CC[C@@H](C)NC(=O)[C@H](C)N(Cc1ccccc1C)C(=O)CCCN(c1cc(Cl)ccc1C)S(C)(=O)=O. The zero-order valence-electron chi connectivity index (χ0n) is 22.0. The summed E-state index contributed by atoms with van der Waals surface area (Å²) in [6.45, 7) is 9.85. The first kappa shape index (κ1) is 29.6. The van der Waals surface area contributed by atoms with E-state index in [1.807, 2.05) is 52.0 Å². The highest BCUT2D eigenvalue weighted by Crippen LogP contribution is 2.27. The average molecular weight is 536 g/mol. The first-order valence-electron chi connectivity index (χ1n) is 12.2. The lowest BCUT2D eigenvalue weighted by Gasteiger charge is -2.30. The van der Waals surface area contributed by atoms with Crippen molar-refractivity contribution in [1.29, 1.82) is 0 Å². The van der Waals surface area contributed by atoms with E-state index in [9.17, 15) is 18.0 Å². The van der Waals surface area contributed by atoms with Gasteiger partial charge in [-0.15, -0.1) is 0 Å². The Morgan fingerprint density at radius 3 is 2.33 bits per heavy atom. The molecule has 0 spiro atoms. The summed E-state index contributed by atoms with van der Waals surface area (Å²) in [6, 6.07) is 12.2. The van der Waals surface area contributed by atoms with Crippen molar-refractivity contribution in [2.24, 2.45) is 0 Å². The van der Waals surface area contributed by atoms with Crippen molar-refractivity contribution < 1.29 is 18.0 Å². The first-order chi connectivity index (χ1) is 16.8. The molecule has 0 saturated carbocycles. The molecule has 0 fully saturated rings. The number of carbonyl (C=O) groups excluding carboxylic acids is 2. The van der Waals surface area contributed by atoms with Gasteiger partial charge in [-0.25, -0.2) is 8.42 Å². The normalized spacial score (nSPS) is 13.1. The fraction of sp³-hybridized carbons (Fsp3) is 0.481. The van der Waals surface area contributed by atoms with Gasteiger partial charge in [-0.05, 0) is 69.4 Å². The Hall–Kier alpha value is -2.58. The number of nitrogens with zero attached hydrogens (tertiary/aromatic N) is 2. The maximum absolute atomic E-state index is 13.4. The molecule has 2 atom stereocenters. The van der Waals surface area contributed by atoms with Crippen molar-refractivity contribution in [3.05, 3.63) is 64.2 Å². The van der Waals surface area contributed by atoms with E-state index >= 15 is 0 Å². The van der Waals surface area contributed by atoms with E-state index < -0.39 is 16.1 Å². The topological polar surface area (TPSA) is 86.8 Å². The third kappa shape index (κ3) is 8.23. The van der Waals surface area contributed by atoms with E-state index in [1.54, 1.807) is 30.0 Å². The van der Waals surface area contributed by atoms with Crippen molar-refractivity contribution >= 4 is 39.1 Å². The van der Waals surface area contributed by atoms with Crippen LogP contribution in [-0.2, 0) is 26.2 Å². The maximum Gasteiger partial charge on any atom is 0.242 e. The van der Waals surface area contributed by atoms with Crippen molar-refractivity contribution in [3.8, 4) is 0 Å². The molecule has 2 aromatic rings. The number of carbonyl (C=O) groups is 2.